The molecule has 0 heterocycles. The highest BCUT2D eigenvalue weighted by molar-refractivity contribution is 5.94. The van der Waals surface area contributed by atoms with Crippen LogP contribution in [0, 0.1) is 31.6 Å². The second-order valence-corrected chi connectivity index (χ2v) is 7.53. The molecule has 124 valence electrons. The molecule has 0 spiro atoms. The summed E-state index contributed by atoms with van der Waals surface area (Å²) in [6, 6.07) is 17.0. The van der Waals surface area contributed by atoms with E-state index in [9.17, 15) is 4.79 Å². The van der Waals surface area contributed by atoms with Gasteiger partial charge < -0.3 is 5.32 Å². The van der Waals surface area contributed by atoms with Crippen LogP contribution in [0.5, 0.6) is 0 Å². The van der Waals surface area contributed by atoms with Crippen LogP contribution < -0.4 is 5.32 Å². The lowest BCUT2D eigenvalue weighted by molar-refractivity contribution is -0.135. The number of anilines is 1. The zero-order valence-corrected chi connectivity index (χ0v) is 14.5. The maximum Gasteiger partial charge on any atom is 0.228 e. The molecular weight excluding hydrogens is 294 g/mol. The average Bonchev–Trinajstić information content (AvgIpc) is 2.59. The van der Waals surface area contributed by atoms with Crippen LogP contribution in [0.25, 0.3) is 0 Å². The Hall–Kier alpha value is -2.09. The summed E-state index contributed by atoms with van der Waals surface area (Å²) in [7, 11) is 0. The average molecular weight is 319 g/mol. The smallest absolute Gasteiger partial charge is 0.228 e. The molecule has 0 aliphatic heterocycles. The minimum absolute atomic E-state index is 0.185. The number of nitrogens with one attached hydrogen (secondary N) is 1. The third-order valence-electron chi connectivity index (χ3n) is 6.05. The number of amides is 1. The van der Waals surface area contributed by atoms with Crippen molar-refractivity contribution in [2.24, 2.45) is 17.8 Å². The monoisotopic (exact) mass is 319 g/mol. The summed E-state index contributed by atoms with van der Waals surface area (Å²) in [5.74, 6) is 2.01. The van der Waals surface area contributed by atoms with Crippen LogP contribution in [0.2, 0.25) is 0 Å². The van der Waals surface area contributed by atoms with E-state index in [1.807, 2.05) is 6.07 Å². The van der Waals surface area contributed by atoms with Gasteiger partial charge >= 0.3 is 0 Å². The molecule has 2 bridgehead atoms. The first-order valence-corrected chi connectivity index (χ1v) is 9.08. The molecule has 0 radical (unpaired) electrons. The van der Waals surface area contributed by atoms with Gasteiger partial charge in [-0.3, -0.25) is 4.79 Å². The summed E-state index contributed by atoms with van der Waals surface area (Å²) in [4.78, 5) is 12.9. The molecule has 0 aromatic heterocycles. The lowest BCUT2D eigenvalue weighted by Gasteiger charge is -2.55. The Labute approximate surface area is 144 Å². The van der Waals surface area contributed by atoms with Gasteiger partial charge in [0, 0.05) is 11.6 Å². The summed E-state index contributed by atoms with van der Waals surface area (Å²) < 4.78 is 0. The first-order chi connectivity index (χ1) is 11.6. The van der Waals surface area contributed by atoms with Crippen molar-refractivity contribution in [2.45, 2.75) is 39.0 Å². The molecule has 24 heavy (non-hydrogen) atoms. The number of hydrogen-bond acceptors (Lipinski definition) is 1. The van der Waals surface area contributed by atoms with E-state index in [-0.39, 0.29) is 11.8 Å². The number of carbonyl (C=O) groups is 1. The molecule has 2 fully saturated rings. The lowest BCUT2D eigenvalue weighted by Crippen LogP contribution is -2.53. The molecule has 2 aromatic carbocycles. The molecule has 1 amide bonds. The van der Waals surface area contributed by atoms with E-state index in [1.165, 1.54) is 30.4 Å². The molecule has 1 N–H and O–H groups in total. The van der Waals surface area contributed by atoms with Gasteiger partial charge in [0.25, 0.3) is 0 Å². The largest absolute Gasteiger partial charge is 0.326 e. The minimum atomic E-state index is 0.185. The predicted octanol–water partition coefficient (Wildman–Crippen LogP) is 5.07. The van der Waals surface area contributed by atoms with Gasteiger partial charge in [0.2, 0.25) is 5.91 Å². The molecule has 2 heteroatoms. The summed E-state index contributed by atoms with van der Waals surface area (Å²) in [5, 5.41) is 3.20. The number of carbonyl (C=O) groups excluding carboxylic acids is 1. The van der Waals surface area contributed by atoms with E-state index in [2.05, 4.69) is 61.6 Å². The van der Waals surface area contributed by atoms with Crippen molar-refractivity contribution >= 4 is 11.6 Å². The quantitative estimate of drug-likeness (QED) is 0.840. The van der Waals surface area contributed by atoms with Crippen LogP contribution >= 0.6 is 0 Å². The molecular formula is C22H25NO. The van der Waals surface area contributed by atoms with Crippen LogP contribution in [-0.4, -0.2) is 5.91 Å². The Bertz CT molecular complexity index is 740. The third-order valence-corrected chi connectivity index (χ3v) is 6.05. The van der Waals surface area contributed by atoms with Gasteiger partial charge in [-0.1, -0.05) is 54.4 Å². The molecule has 0 saturated heterocycles. The Balaban J connectivity index is 1.52. The number of benzene rings is 2. The maximum absolute atomic E-state index is 12.9. The molecule has 2 unspecified atom stereocenters. The highest BCUT2D eigenvalue weighted by atomic mass is 16.2. The first kappa shape index (κ1) is 15.4. The predicted molar refractivity (Wildman–Crippen MR) is 98.0 cm³/mol. The Morgan fingerprint density at radius 3 is 2.38 bits per heavy atom. The molecule has 2 nitrogen and oxygen atoms in total. The summed E-state index contributed by atoms with van der Waals surface area (Å²) in [6.45, 7) is 4.15. The summed E-state index contributed by atoms with van der Waals surface area (Å²) in [6.07, 6.45) is 3.63. The van der Waals surface area contributed by atoms with Crippen LogP contribution in [0.1, 0.15) is 41.9 Å². The zero-order valence-electron chi connectivity index (χ0n) is 14.5. The van der Waals surface area contributed by atoms with E-state index in [4.69, 9.17) is 0 Å². The fraction of sp³-hybridized carbons (Fsp3) is 0.409. The molecule has 4 atom stereocenters. The molecule has 4 rings (SSSR count). The number of aryl methyl sites for hydroxylation is 2. The maximum atomic E-state index is 12.9. The normalized spacial score (nSPS) is 28.1. The van der Waals surface area contributed by atoms with Crippen molar-refractivity contribution in [3.63, 3.8) is 0 Å². The molecule has 2 aliphatic carbocycles. The van der Waals surface area contributed by atoms with E-state index < -0.39 is 0 Å². The molecule has 2 aliphatic rings. The second-order valence-electron chi connectivity index (χ2n) is 7.53. The van der Waals surface area contributed by atoms with Gasteiger partial charge in [-0.25, -0.2) is 0 Å². The van der Waals surface area contributed by atoms with Crippen molar-refractivity contribution in [1.82, 2.24) is 0 Å². The van der Waals surface area contributed by atoms with E-state index in [0.717, 1.165) is 11.3 Å². The van der Waals surface area contributed by atoms with Crippen LogP contribution in [0.3, 0.4) is 0 Å². The fourth-order valence-electron chi connectivity index (χ4n) is 4.97. The summed E-state index contributed by atoms with van der Waals surface area (Å²) >= 11 is 0. The van der Waals surface area contributed by atoms with Gasteiger partial charge in [-0.15, -0.1) is 0 Å². The highest BCUT2D eigenvalue weighted by Gasteiger charge is 2.55. The molecule has 2 saturated carbocycles. The Morgan fingerprint density at radius 2 is 1.71 bits per heavy atom. The summed E-state index contributed by atoms with van der Waals surface area (Å²) in [5.41, 5.74) is 4.76. The SMILES string of the molecule is Cc1ccc(NC(=O)C2[C@H]3CCC[C@@H]2C3c2ccccc2)c(C)c1. The van der Waals surface area contributed by atoms with Gasteiger partial charge in [0.1, 0.15) is 0 Å². The van der Waals surface area contributed by atoms with Crippen molar-refractivity contribution in [2.75, 3.05) is 5.32 Å². The lowest BCUT2D eigenvalue weighted by atomic mass is 9.48. The zero-order chi connectivity index (χ0) is 16.7. The van der Waals surface area contributed by atoms with Gasteiger partial charge in [0.15, 0.2) is 0 Å². The van der Waals surface area contributed by atoms with Crippen LogP contribution in [-0.2, 0) is 4.79 Å². The third kappa shape index (κ3) is 2.54. The standard InChI is InChI=1S/C22H25NO/c1-14-11-12-19(15(2)13-14)23-22(24)21-17-9-6-10-18(21)20(17)16-7-4-3-5-8-16/h3-5,7-8,11-13,17-18,20-21H,6,9-10H2,1-2H3,(H,23,24)/t17-,18+,20?,21?. The number of hydrogen-bond donors (Lipinski definition) is 1. The van der Waals surface area contributed by atoms with Gasteiger partial charge in [0.05, 0.1) is 0 Å². The minimum Gasteiger partial charge on any atom is -0.326 e. The Kier molecular flexibility index (Phi) is 3.91. The van der Waals surface area contributed by atoms with Crippen molar-refractivity contribution < 1.29 is 4.79 Å². The Morgan fingerprint density at radius 1 is 1.00 bits per heavy atom. The van der Waals surface area contributed by atoms with E-state index >= 15 is 0 Å². The van der Waals surface area contributed by atoms with Gasteiger partial charge in [-0.2, -0.15) is 0 Å². The van der Waals surface area contributed by atoms with Crippen LogP contribution in [0.15, 0.2) is 48.5 Å². The van der Waals surface area contributed by atoms with Crippen LogP contribution in [0.4, 0.5) is 5.69 Å². The van der Waals surface area contributed by atoms with E-state index in [1.54, 1.807) is 0 Å². The second kappa shape index (κ2) is 6.08. The van der Waals surface area contributed by atoms with Crippen molar-refractivity contribution in [1.29, 1.82) is 0 Å². The van der Waals surface area contributed by atoms with E-state index in [0.29, 0.717) is 17.8 Å². The fourth-order valence-corrected chi connectivity index (χ4v) is 4.97. The first-order valence-electron chi connectivity index (χ1n) is 9.08. The number of rotatable bonds is 3. The van der Waals surface area contributed by atoms with Gasteiger partial charge in [-0.05, 0) is 61.6 Å². The molecule has 2 aromatic rings. The van der Waals surface area contributed by atoms with Crippen molar-refractivity contribution in [3.8, 4) is 0 Å². The number of fused-ring (bicyclic) bond motifs is 2. The highest BCUT2D eigenvalue weighted by Crippen LogP contribution is 2.60. The van der Waals surface area contributed by atoms with Crippen molar-refractivity contribution in [3.05, 3.63) is 65.2 Å². The topological polar surface area (TPSA) is 29.1 Å².